The number of sulfonamides is 1. The van der Waals surface area contributed by atoms with E-state index in [2.05, 4.69) is 5.32 Å². The number of methoxy groups -OCH3 is 4. The number of amides is 1. The van der Waals surface area contributed by atoms with Gasteiger partial charge >= 0.3 is 0 Å². The van der Waals surface area contributed by atoms with Crippen LogP contribution in [0.2, 0.25) is 10.0 Å². The van der Waals surface area contributed by atoms with E-state index in [0.717, 1.165) is 10.6 Å². The minimum Gasteiger partial charge on any atom is -0.495 e. The van der Waals surface area contributed by atoms with Crippen LogP contribution in [-0.4, -0.2) is 49.0 Å². The first-order valence-electron chi connectivity index (χ1n) is 10.7. The molecule has 0 bridgehead atoms. The molecule has 0 spiro atoms. The number of anilines is 2. The zero-order chi connectivity index (χ0) is 27.3. The van der Waals surface area contributed by atoms with Gasteiger partial charge in [-0.1, -0.05) is 35.3 Å². The van der Waals surface area contributed by atoms with Crippen molar-refractivity contribution in [3.05, 3.63) is 69.7 Å². The molecule has 3 aromatic rings. The molecule has 1 amide bonds. The Balaban J connectivity index is 2.16. The van der Waals surface area contributed by atoms with Crippen molar-refractivity contribution in [2.45, 2.75) is 6.54 Å². The third kappa shape index (κ3) is 6.51. The summed E-state index contributed by atoms with van der Waals surface area (Å²) in [6.07, 6.45) is 1.05. The first-order valence-corrected chi connectivity index (χ1v) is 13.3. The lowest BCUT2D eigenvalue weighted by Crippen LogP contribution is -2.31. The zero-order valence-electron chi connectivity index (χ0n) is 20.8. The van der Waals surface area contributed by atoms with Gasteiger partial charge in [0, 0.05) is 23.2 Å². The van der Waals surface area contributed by atoms with Crippen molar-refractivity contribution in [3.8, 4) is 23.0 Å². The number of halogens is 2. The predicted molar refractivity (Wildman–Crippen MR) is 145 cm³/mol. The summed E-state index contributed by atoms with van der Waals surface area (Å²) >= 11 is 12.2. The monoisotopic (exact) mass is 568 g/mol. The van der Waals surface area contributed by atoms with E-state index in [-0.39, 0.29) is 45.8 Å². The molecule has 0 radical (unpaired) electrons. The standard InChI is InChI=1S/C25H26Cl2N2O7S/c1-33-21-12-19(22(34-2)11-18(21)27)28-25(30)17-10-23(35-3)24(36-4)13-20(17)29(37(5,31)32)14-15-6-8-16(26)9-7-15/h6-13H,14H2,1-5H3,(H,28,30). The number of nitrogens with zero attached hydrogens (tertiary/aromatic N) is 1. The van der Waals surface area contributed by atoms with Gasteiger partial charge in [-0.15, -0.1) is 0 Å². The lowest BCUT2D eigenvalue weighted by Gasteiger charge is -2.26. The van der Waals surface area contributed by atoms with Gasteiger partial charge in [-0.25, -0.2) is 8.42 Å². The summed E-state index contributed by atoms with van der Waals surface area (Å²) in [6, 6.07) is 12.5. The van der Waals surface area contributed by atoms with Crippen LogP contribution in [-0.2, 0) is 16.6 Å². The summed E-state index contributed by atoms with van der Waals surface area (Å²) in [5.41, 5.74) is 0.999. The van der Waals surface area contributed by atoms with E-state index in [9.17, 15) is 13.2 Å². The number of carbonyl (C=O) groups is 1. The lowest BCUT2D eigenvalue weighted by molar-refractivity contribution is 0.102. The zero-order valence-corrected chi connectivity index (χ0v) is 23.1. The molecular weight excluding hydrogens is 543 g/mol. The van der Waals surface area contributed by atoms with Crippen molar-refractivity contribution in [2.75, 3.05) is 44.3 Å². The second-order valence-corrected chi connectivity index (χ2v) is 10.5. The first kappa shape index (κ1) is 28.2. The minimum atomic E-state index is -3.87. The highest BCUT2D eigenvalue weighted by molar-refractivity contribution is 7.92. The van der Waals surface area contributed by atoms with E-state index in [4.69, 9.17) is 42.1 Å². The average molecular weight is 569 g/mol. The predicted octanol–water partition coefficient (Wildman–Crippen LogP) is 5.25. The number of ether oxygens (including phenoxy) is 4. The van der Waals surface area contributed by atoms with Crippen LogP contribution in [0, 0.1) is 0 Å². The van der Waals surface area contributed by atoms with Gasteiger partial charge in [-0.05, 0) is 23.8 Å². The summed E-state index contributed by atoms with van der Waals surface area (Å²) in [6.45, 7) is -0.0656. The maximum Gasteiger partial charge on any atom is 0.258 e. The topological polar surface area (TPSA) is 103 Å². The highest BCUT2D eigenvalue weighted by Gasteiger charge is 2.27. The van der Waals surface area contributed by atoms with E-state index >= 15 is 0 Å². The molecule has 0 aromatic heterocycles. The van der Waals surface area contributed by atoms with Crippen molar-refractivity contribution in [2.24, 2.45) is 0 Å². The van der Waals surface area contributed by atoms with Crippen LogP contribution in [0.4, 0.5) is 11.4 Å². The minimum absolute atomic E-state index is 0.00742. The molecule has 9 nitrogen and oxygen atoms in total. The van der Waals surface area contributed by atoms with E-state index in [1.165, 1.54) is 52.7 Å². The number of carbonyl (C=O) groups excluding carboxylic acids is 1. The molecule has 0 aliphatic heterocycles. The van der Waals surface area contributed by atoms with Crippen molar-refractivity contribution < 1.29 is 32.2 Å². The highest BCUT2D eigenvalue weighted by atomic mass is 35.5. The second kappa shape index (κ2) is 11.8. The van der Waals surface area contributed by atoms with E-state index in [0.29, 0.717) is 16.3 Å². The molecule has 3 rings (SSSR count). The molecule has 12 heteroatoms. The summed E-state index contributed by atoms with van der Waals surface area (Å²) < 4.78 is 48.4. The number of rotatable bonds is 10. The number of nitrogens with one attached hydrogen (secondary N) is 1. The number of hydrogen-bond acceptors (Lipinski definition) is 7. The Hall–Kier alpha value is -3.34. The van der Waals surface area contributed by atoms with Gasteiger partial charge in [0.05, 0.1) is 63.2 Å². The Morgan fingerprint density at radius 1 is 0.838 bits per heavy atom. The van der Waals surface area contributed by atoms with Crippen molar-refractivity contribution in [1.29, 1.82) is 0 Å². The molecule has 1 N–H and O–H groups in total. The number of benzene rings is 3. The average Bonchev–Trinajstić information content (AvgIpc) is 2.87. The quantitative estimate of drug-likeness (QED) is 0.356. The summed E-state index contributed by atoms with van der Waals surface area (Å²) in [5.74, 6) is 0.429. The highest BCUT2D eigenvalue weighted by Crippen LogP contribution is 2.39. The maximum absolute atomic E-state index is 13.6. The van der Waals surface area contributed by atoms with Gasteiger partial charge in [-0.2, -0.15) is 0 Å². The molecule has 0 heterocycles. The van der Waals surface area contributed by atoms with Crippen LogP contribution in [0.3, 0.4) is 0 Å². The molecule has 198 valence electrons. The van der Waals surface area contributed by atoms with Gasteiger partial charge < -0.3 is 24.3 Å². The Morgan fingerprint density at radius 3 is 1.95 bits per heavy atom. The van der Waals surface area contributed by atoms with Crippen LogP contribution in [0.1, 0.15) is 15.9 Å². The molecule has 0 fully saturated rings. The fraction of sp³-hybridized carbons (Fsp3) is 0.240. The summed E-state index contributed by atoms with van der Waals surface area (Å²) in [5, 5.41) is 3.54. The van der Waals surface area contributed by atoms with Crippen LogP contribution in [0.5, 0.6) is 23.0 Å². The van der Waals surface area contributed by atoms with E-state index < -0.39 is 15.9 Å². The Kier molecular flexibility index (Phi) is 9.01. The van der Waals surface area contributed by atoms with Crippen LogP contribution in [0.25, 0.3) is 0 Å². The summed E-state index contributed by atoms with van der Waals surface area (Å²) in [7, 11) is 1.82. The molecule has 37 heavy (non-hydrogen) atoms. The van der Waals surface area contributed by atoms with E-state index in [1.54, 1.807) is 24.3 Å². The molecule has 0 aliphatic carbocycles. The van der Waals surface area contributed by atoms with Crippen molar-refractivity contribution in [1.82, 2.24) is 0 Å². The maximum atomic E-state index is 13.6. The fourth-order valence-electron chi connectivity index (χ4n) is 3.54. The van der Waals surface area contributed by atoms with Crippen molar-refractivity contribution in [3.63, 3.8) is 0 Å². The van der Waals surface area contributed by atoms with Gasteiger partial charge in [0.25, 0.3) is 5.91 Å². The van der Waals surface area contributed by atoms with Crippen molar-refractivity contribution >= 4 is 50.5 Å². The van der Waals surface area contributed by atoms with Gasteiger partial charge in [-0.3, -0.25) is 9.10 Å². The van der Waals surface area contributed by atoms with Crippen LogP contribution in [0.15, 0.2) is 48.5 Å². The van der Waals surface area contributed by atoms with Crippen LogP contribution < -0.4 is 28.6 Å². The fourth-order valence-corrected chi connectivity index (χ4v) is 4.79. The molecule has 0 saturated carbocycles. The number of hydrogen-bond donors (Lipinski definition) is 1. The van der Waals surface area contributed by atoms with Crippen LogP contribution >= 0.6 is 23.2 Å². The third-order valence-electron chi connectivity index (χ3n) is 5.38. The van der Waals surface area contributed by atoms with E-state index in [1.807, 2.05) is 0 Å². The second-order valence-electron chi connectivity index (χ2n) is 7.76. The Labute approximate surface area is 225 Å². The normalized spacial score (nSPS) is 11.0. The molecule has 0 unspecified atom stereocenters. The summed E-state index contributed by atoms with van der Waals surface area (Å²) in [4.78, 5) is 13.6. The van der Waals surface area contributed by atoms with Gasteiger partial charge in [0.1, 0.15) is 11.5 Å². The smallest absolute Gasteiger partial charge is 0.258 e. The Bertz CT molecular complexity index is 1400. The Morgan fingerprint density at radius 2 is 1.41 bits per heavy atom. The lowest BCUT2D eigenvalue weighted by atomic mass is 10.1. The molecule has 0 aliphatic rings. The van der Waals surface area contributed by atoms with Gasteiger partial charge in [0.2, 0.25) is 10.0 Å². The molecule has 0 atom stereocenters. The van der Waals surface area contributed by atoms with Gasteiger partial charge in [0.15, 0.2) is 11.5 Å². The molecular formula is C25H26Cl2N2O7S. The molecule has 0 saturated heterocycles. The first-order chi connectivity index (χ1) is 17.5. The molecule has 3 aromatic carbocycles. The largest absolute Gasteiger partial charge is 0.495 e. The SMILES string of the molecule is COc1cc(NC(=O)c2cc(OC)c(OC)cc2N(Cc2ccc(Cl)cc2)S(C)(=O)=O)c(OC)cc1Cl. The third-order valence-corrected chi connectivity index (χ3v) is 7.05.